The average molecular weight is 1740 g/mol. The molecule has 21 heterocycles. The molecule has 0 saturated carbocycles. The van der Waals surface area contributed by atoms with Crippen LogP contribution in [-0.4, -0.2) is 485 Å². The van der Waals surface area contributed by atoms with E-state index in [0.717, 1.165) is 0 Å². The molecule has 49 heteroatoms. The Balaban J connectivity index is 1.32. The quantitative estimate of drug-likeness (QED) is 0.0300. The molecule has 0 unspecified atom stereocenters. The Morgan fingerprint density at radius 2 is 0.277 bits per heavy atom. The second-order valence-corrected chi connectivity index (χ2v) is 27.7. The third-order valence-corrected chi connectivity index (χ3v) is 20.5. The van der Waals surface area contributed by atoms with Crippen LogP contribution in [0.25, 0.3) is 0 Å². The molecular weight excluding hydrogens is 1620 g/mol. The van der Waals surface area contributed by atoms with Gasteiger partial charge in [-0.15, -0.1) is 0 Å². The Labute approximate surface area is 682 Å². The summed E-state index contributed by atoms with van der Waals surface area (Å²) < 4.78 is 222. The van der Waals surface area contributed by atoms with E-state index in [2.05, 4.69) is 0 Å². The maximum Gasteiger partial charge on any atom is 0.329 e. The first kappa shape index (κ1) is 99.3. The molecule has 686 valence electrons. The van der Waals surface area contributed by atoms with Gasteiger partial charge < -0.3 is 202 Å². The second kappa shape index (κ2) is 49.0. The van der Waals surface area contributed by atoms with Gasteiger partial charge in [0.15, 0.2) is 44.0 Å². The molecule has 7 N–H and O–H groups in total. The standard InChI is InChI=1S/C70H112O49/c1-85-50-43-29(15-99-22-36(71)72)106-64(57(50)92-8)114-44-30(16-100-23-37(73)74)108-66(59(94-10)51(44)86-2)116-46-32(18-102-25-39(77)78)110-68(61(96-12)53(46)88-4)118-48-34(20-104-27-41(81)82)112-70(63(98-14)55(48)90-6)119-49-35(21-105-28-42(83)84)111-69(62(97-13)56(49)91-7)117-47-33(19-103-26-40(79)80)109-67(60(95-11)54(47)89-5)115-45-31(17-101-24-38(75)76)107-65(113-43)58(93-9)52(45)87-3/h29-35,43-70H,15-28H2,1-14H3,(H,71,72)(H,73,74)(H,75,76)(H,77,78)(H,79,80)(H,81,82)(H,83,84)/t29-,30-,31-,32-,33+,34+,35+,43-,44-,45-,46-,47-,48-,49-,50-,51+,52-,53+,54+,55+,56+,57+,58-,59+,60-,61-,62-,63-,64-,65-,66-,67-,68-,69-,70-/m1/s1. The van der Waals surface area contributed by atoms with Gasteiger partial charge in [0.25, 0.3) is 0 Å². The number of aliphatic carboxylic acids is 7. The summed E-state index contributed by atoms with van der Waals surface area (Å²) >= 11 is 0. The zero-order valence-corrected chi connectivity index (χ0v) is 67.9. The Hall–Kier alpha value is -5.11. The fourth-order valence-corrected chi connectivity index (χ4v) is 15.5. The van der Waals surface area contributed by atoms with Crippen LogP contribution in [0, 0.1) is 0 Å². The molecule has 21 fully saturated rings. The van der Waals surface area contributed by atoms with Gasteiger partial charge >= 0.3 is 41.8 Å². The van der Waals surface area contributed by atoms with Gasteiger partial charge in [-0.3, -0.25) is 0 Å². The van der Waals surface area contributed by atoms with E-state index in [1.54, 1.807) is 0 Å². The predicted octanol–water partition coefficient (Wildman–Crippen LogP) is -5.31. The van der Waals surface area contributed by atoms with Crippen molar-refractivity contribution in [3.8, 4) is 0 Å². The monoisotopic (exact) mass is 1740 g/mol. The van der Waals surface area contributed by atoms with Crippen LogP contribution in [0.5, 0.6) is 0 Å². The highest BCUT2D eigenvalue weighted by Crippen LogP contribution is 2.43. The second-order valence-electron chi connectivity index (χ2n) is 27.7. The summed E-state index contributed by atoms with van der Waals surface area (Å²) in [5.41, 5.74) is 0. The lowest BCUT2D eigenvalue weighted by Crippen LogP contribution is -2.69. The average Bonchev–Trinajstić information content (AvgIpc) is 0.796. The van der Waals surface area contributed by atoms with Crippen LogP contribution in [0.4, 0.5) is 0 Å². The minimum atomic E-state index is -1.68. The fraction of sp³-hybridized carbons (Fsp3) is 0.900. The van der Waals surface area contributed by atoms with Crippen LogP contribution in [0.15, 0.2) is 0 Å². The minimum absolute atomic E-state index is 0.630. The van der Waals surface area contributed by atoms with E-state index in [-0.39, 0.29) is 0 Å². The van der Waals surface area contributed by atoms with Gasteiger partial charge in [-0.2, -0.15) is 0 Å². The molecule has 21 aliphatic heterocycles. The molecule has 0 aromatic carbocycles. The van der Waals surface area contributed by atoms with Gasteiger partial charge in [0.1, 0.15) is 217 Å². The van der Waals surface area contributed by atoms with Crippen molar-refractivity contribution in [3.63, 3.8) is 0 Å². The summed E-state index contributed by atoms with van der Waals surface area (Å²) in [6.07, 6.45) is -52.6. The molecule has 14 bridgehead atoms. The van der Waals surface area contributed by atoms with Crippen LogP contribution in [0.3, 0.4) is 0 Å². The van der Waals surface area contributed by atoms with E-state index in [1.807, 2.05) is 0 Å². The first-order valence-corrected chi connectivity index (χ1v) is 37.3. The zero-order valence-electron chi connectivity index (χ0n) is 67.9. The highest BCUT2D eigenvalue weighted by molar-refractivity contribution is 5.69. The van der Waals surface area contributed by atoms with Crippen molar-refractivity contribution in [2.24, 2.45) is 0 Å². The number of carbonyl (C=O) groups is 7. The number of hydrogen-bond acceptors (Lipinski definition) is 42. The lowest BCUT2D eigenvalue weighted by atomic mass is 9.94. The van der Waals surface area contributed by atoms with E-state index >= 15 is 0 Å². The molecule has 119 heavy (non-hydrogen) atoms. The summed E-state index contributed by atoms with van der Waals surface area (Å²) in [7, 11) is 17.6. The van der Waals surface area contributed by atoms with Gasteiger partial charge in [-0.25, -0.2) is 33.6 Å². The molecule has 35 atom stereocenters. The highest BCUT2D eigenvalue weighted by atomic mass is 16.8. The van der Waals surface area contributed by atoms with E-state index in [1.165, 1.54) is 99.5 Å². The van der Waals surface area contributed by atoms with Crippen molar-refractivity contribution in [1.82, 2.24) is 0 Å². The van der Waals surface area contributed by atoms with Gasteiger partial charge in [0.05, 0.1) is 46.2 Å². The fourth-order valence-electron chi connectivity index (χ4n) is 15.5. The number of carboxylic acids is 7. The first-order valence-electron chi connectivity index (χ1n) is 37.3. The molecule has 21 aliphatic rings. The van der Waals surface area contributed by atoms with Crippen molar-refractivity contribution < 1.29 is 235 Å². The number of methoxy groups -OCH3 is 14. The lowest BCUT2D eigenvalue weighted by molar-refractivity contribution is -0.403. The SMILES string of the molecule is CO[C@@H]1[C@@H](OC)[C@H]2O[C@H]3[C@H](OC)[C@@H](OC)[C@@H](O[C@H]4[C@@H](OC)[C@@H](OC)[C@@H](O[C@H]5[C@@H](OC)[C@H](OC)[C@@H](O[C@H]6[C@H](OC)[C@H](OC)[C@@H](O[C@H]7[C@H](OC)[C@@H](OC)[C@@H](O[C@H]8[C@H](OC)[C@@H](OC)[C@@H](O[C@@H]1[C@H](COCC(=O)O)O2)O[C@H]8COCC(=O)O)O[C@@H]7COCC(=O)O)O[C@@H]6COCC(=O)O)O[C@@H]5COCC(=O)O)O[C@@H]4COCC(=O)O)O[C@H]3COCC(=O)O. The first-order chi connectivity index (χ1) is 57.2. The highest BCUT2D eigenvalue weighted by Gasteiger charge is 2.63. The summed E-state index contributed by atoms with van der Waals surface area (Å²) in [5.74, 6) is -9.85. The van der Waals surface area contributed by atoms with Gasteiger partial charge in [0, 0.05) is 99.5 Å². The Morgan fingerprint density at radius 3 is 0.361 bits per heavy atom. The molecule has 49 nitrogen and oxygen atoms in total. The van der Waals surface area contributed by atoms with E-state index in [0.29, 0.717) is 0 Å². The van der Waals surface area contributed by atoms with Crippen molar-refractivity contribution >= 4 is 41.8 Å². The Bertz CT molecular complexity index is 2520. The van der Waals surface area contributed by atoms with Gasteiger partial charge in [-0.1, -0.05) is 0 Å². The van der Waals surface area contributed by atoms with Crippen molar-refractivity contribution in [3.05, 3.63) is 0 Å². The summed E-state index contributed by atoms with van der Waals surface area (Å²) in [4.78, 5) is 85.3. The maximum absolute atomic E-state index is 12.2. The molecule has 0 aliphatic carbocycles. The molecule has 0 amide bonds. The Morgan fingerprint density at radius 1 is 0.176 bits per heavy atom. The zero-order chi connectivity index (χ0) is 86.9. The molecule has 21 saturated heterocycles. The summed E-state index contributed by atoms with van der Waals surface area (Å²) in [6, 6.07) is 0. The summed E-state index contributed by atoms with van der Waals surface area (Å²) in [6.45, 7) is -10.7. The van der Waals surface area contributed by atoms with Crippen molar-refractivity contribution in [2.45, 2.75) is 215 Å². The third kappa shape index (κ3) is 25.6. The number of hydrogen-bond donors (Lipinski definition) is 7. The van der Waals surface area contributed by atoms with Crippen molar-refractivity contribution in [1.29, 1.82) is 0 Å². The Kier molecular flexibility index (Phi) is 40.9. The molecule has 0 aromatic rings. The van der Waals surface area contributed by atoms with E-state index in [4.69, 9.17) is 166 Å². The third-order valence-electron chi connectivity index (χ3n) is 20.5. The molecule has 0 radical (unpaired) electrons. The topological polar surface area (TPSA) is 584 Å². The van der Waals surface area contributed by atoms with Crippen LogP contribution in [0.1, 0.15) is 0 Å². The normalized spacial score (nSPS) is 39.8. The number of ether oxygens (including phenoxy) is 35. The molecular formula is C70H112O49. The lowest BCUT2D eigenvalue weighted by Gasteiger charge is -2.52. The van der Waals surface area contributed by atoms with E-state index < -0.39 is 349 Å². The van der Waals surface area contributed by atoms with Crippen LogP contribution >= 0.6 is 0 Å². The summed E-state index contributed by atoms with van der Waals surface area (Å²) in [5, 5.41) is 69.4. The number of carboxylic acid groups (broad SMARTS) is 7. The van der Waals surface area contributed by atoms with Gasteiger partial charge in [0.2, 0.25) is 0 Å². The number of rotatable bonds is 42. The molecule has 21 rings (SSSR count). The van der Waals surface area contributed by atoms with E-state index in [9.17, 15) is 69.3 Å². The largest absolute Gasteiger partial charge is 0.480 e. The molecule has 0 spiro atoms. The smallest absolute Gasteiger partial charge is 0.329 e. The van der Waals surface area contributed by atoms with Crippen molar-refractivity contribution in [2.75, 3.05) is 192 Å². The molecule has 0 aromatic heterocycles. The maximum atomic E-state index is 12.2. The van der Waals surface area contributed by atoms with Crippen LogP contribution in [0.2, 0.25) is 0 Å². The van der Waals surface area contributed by atoms with Crippen LogP contribution < -0.4 is 0 Å². The minimum Gasteiger partial charge on any atom is -0.480 e. The van der Waals surface area contributed by atoms with Gasteiger partial charge in [-0.05, 0) is 0 Å². The van der Waals surface area contributed by atoms with Crippen LogP contribution in [-0.2, 0) is 199 Å². The predicted molar refractivity (Wildman–Crippen MR) is 375 cm³/mol.